The molecule has 0 radical (unpaired) electrons. The molecule has 23 heavy (non-hydrogen) atoms. The standard InChI is InChI=1S/C15H15BrF3NO3/c1-8-9(3-2-4-12(8)16)5-13(21)20-6-10(14(22)23)11(7-20)15(17,18)19/h2-4,10-11H,5-7H2,1H3,(H,22,23)/t10-,11-/m1/s1. The van der Waals surface area contributed by atoms with Crippen molar-refractivity contribution >= 4 is 27.8 Å². The number of hydrogen-bond acceptors (Lipinski definition) is 2. The second-order valence-electron chi connectivity index (χ2n) is 5.59. The zero-order valence-electron chi connectivity index (χ0n) is 12.2. The van der Waals surface area contributed by atoms with Gasteiger partial charge in [0.2, 0.25) is 5.91 Å². The number of hydrogen-bond donors (Lipinski definition) is 1. The molecule has 1 aliphatic heterocycles. The molecule has 2 rings (SSSR count). The molecular formula is C15H15BrF3NO3. The van der Waals surface area contributed by atoms with Crippen LogP contribution in [0.15, 0.2) is 22.7 Å². The summed E-state index contributed by atoms with van der Waals surface area (Å²) in [5.74, 6) is -5.65. The smallest absolute Gasteiger partial charge is 0.394 e. The number of aliphatic carboxylic acids is 1. The lowest BCUT2D eigenvalue weighted by atomic mass is 9.96. The first-order valence-corrected chi connectivity index (χ1v) is 7.72. The topological polar surface area (TPSA) is 57.6 Å². The van der Waals surface area contributed by atoms with E-state index in [1.807, 2.05) is 0 Å². The third-order valence-electron chi connectivity index (χ3n) is 4.13. The van der Waals surface area contributed by atoms with Gasteiger partial charge >= 0.3 is 12.1 Å². The first kappa shape index (κ1) is 17.8. The van der Waals surface area contributed by atoms with Crippen LogP contribution in [0.5, 0.6) is 0 Å². The summed E-state index contributed by atoms with van der Waals surface area (Å²) >= 11 is 3.33. The van der Waals surface area contributed by atoms with Gasteiger partial charge in [0.1, 0.15) is 0 Å². The lowest BCUT2D eigenvalue weighted by Gasteiger charge is -2.18. The van der Waals surface area contributed by atoms with Crippen molar-refractivity contribution in [1.29, 1.82) is 0 Å². The Bertz CT molecular complexity index is 633. The third-order valence-corrected chi connectivity index (χ3v) is 4.99. The number of nitrogens with zero attached hydrogens (tertiary/aromatic N) is 1. The number of likely N-dealkylation sites (tertiary alicyclic amines) is 1. The first-order valence-electron chi connectivity index (χ1n) is 6.92. The van der Waals surface area contributed by atoms with Gasteiger partial charge in [0.15, 0.2) is 0 Å². The van der Waals surface area contributed by atoms with Crippen molar-refractivity contribution in [3.05, 3.63) is 33.8 Å². The normalized spacial score (nSPS) is 21.5. The Labute approximate surface area is 139 Å². The molecule has 0 bridgehead atoms. The Hall–Kier alpha value is -1.57. The number of carboxylic acid groups (broad SMARTS) is 1. The van der Waals surface area contributed by atoms with Crippen molar-refractivity contribution < 1.29 is 27.9 Å². The van der Waals surface area contributed by atoms with Gasteiger partial charge in [0.25, 0.3) is 0 Å². The molecule has 2 atom stereocenters. The fourth-order valence-electron chi connectivity index (χ4n) is 2.71. The number of carbonyl (C=O) groups is 2. The average Bonchev–Trinajstić information content (AvgIpc) is 2.89. The van der Waals surface area contributed by atoms with Crippen LogP contribution in [0.4, 0.5) is 13.2 Å². The van der Waals surface area contributed by atoms with Crippen LogP contribution in [0.25, 0.3) is 0 Å². The molecule has 1 fully saturated rings. The van der Waals surface area contributed by atoms with Gasteiger partial charge in [-0.15, -0.1) is 0 Å². The predicted octanol–water partition coefficient (Wildman–Crippen LogP) is 3.02. The fourth-order valence-corrected chi connectivity index (χ4v) is 3.11. The van der Waals surface area contributed by atoms with Crippen LogP contribution in [0.1, 0.15) is 11.1 Å². The van der Waals surface area contributed by atoms with E-state index in [4.69, 9.17) is 5.11 Å². The largest absolute Gasteiger partial charge is 0.481 e. The van der Waals surface area contributed by atoms with Crippen LogP contribution >= 0.6 is 15.9 Å². The minimum atomic E-state index is -4.64. The van der Waals surface area contributed by atoms with Gasteiger partial charge < -0.3 is 10.0 Å². The molecule has 1 saturated heterocycles. The summed E-state index contributed by atoms with van der Waals surface area (Å²) < 4.78 is 39.6. The quantitative estimate of drug-likeness (QED) is 0.858. The van der Waals surface area contributed by atoms with Crippen molar-refractivity contribution in [3.63, 3.8) is 0 Å². The lowest BCUT2D eigenvalue weighted by molar-refractivity contribution is -0.188. The molecule has 0 saturated carbocycles. The summed E-state index contributed by atoms with van der Waals surface area (Å²) in [4.78, 5) is 24.3. The van der Waals surface area contributed by atoms with E-state index in [0.29, 0.717) is 5.56 Å². The third kappa shape index (κ3) is 3.85. The molecule has 1 aromatic rings. The summed E-state index contributed by atoms with van der Waals surface area (Å²) in [6.45, 7) is 0.785. The predicted molar refractivity (Wildman–Crippen MR) is 79.8 cm³/mol. The van der Waals surface area contributed by atoms with E-state index in [-0.39, 0.29) is 6.42 Å². The average molecular weight is 394 g/mol. The number of benzene rings is 1. The number of alkyl halides is 3. The summed E-state index contributed by atoms with van der Waals surface area (Å²) in [5, 5.41) is 8.97. The van der Waals surface area contributed by atoms with Crippen molar-refractivity contribution in [2.24, 2.45) is 11.8 Å². The molecule has 0 spiro atoms. The second kappa shape index (κ2) is 6.51. The van der Waals surface area contributed by atoms with Gasteiger partial charge in [-0.05, 0) is 24.1 Å². The Balaban J connectivity index is 2.15. The minimum Gasteiger partial charge on any atom is -0.481 e. The van der Waals surface area contributed by atoms with E-state index in [1.54, 1.807) is 25.1 Å². The maximum atomic E-state index is 12.9. The van der Waals surface area contributed by atoms with Crippen LogP contribution in [0, 0.1) is 18.8 Å². The molecule has 0 aliphatic carbocycles. The van der Waals surface area contributed by atoms with Gasteiger partial charge in [-0.3, -0.25) is 9.59 Å². The molecule has 1 aliphatic rings. The zero-order chi connectivity index (χ0) is 17.4. The molecule has 1 amide bonds. The van der Waals surface area contributed by atoms with E-state index in [0.717, 1.165) is 14.9 Å². The Morgan fingerprint density at radius 1 is 1.35 bits per heavy atom. The van der Waals surface area contributed by atoms with Gasteiger partial charge in [-0.2, -0.15) is 13.2 Å². The van der Waals surface area contributed by atoms with Gasteiger partial charge in [-0.1, -0.05) is 28.1 Å². The lowest BCUT2D eigenvalue weighted by Crippen LogP contribution is -2.34. The molecule has 4 nitrogen and oxygen atoms in total. The van der Waals surface area contributed by atoms with Crippen LogP contribution < -0.4 is 0 Å². The number of amides is 1. The van der Waals surface area contributed by atoms with Gasteiger partial charge in [0, 0.05) is 17.6 Å². The molecule has 1 N–H and O–H groups in total. The van der Waals surface area contributed by atoms with Gasteiger partial charge in [-0.25, -0.2) is 0 Å². The van der Waals surface area contributed by atoms with Crippen LogP contribution in [0.2, 0.25) is 0 Å². The van der Waals surface area contributed by atoms with E-state index >= 15 is 0 Å². The van der Waals surface area contributed by atoms with Crippen molar-refractivity contribution in [3.8, 4) is 0 Å². The highest BCUT2D eigenvalue weighted by Crippen LogP contribution is 2.38. The molecule has 1 aromatic carbocycles. The van der Waals surface area contributed by atoms with Crippen molar-refractivity contribution in [2.75, 3.05) is 13.1 Å². The Kier molecular flexibility index (Phi) is 5.03. The van der Waals surface area contributed by atoms with Crippen molar-refractivity contribution in [2.45, 2.75) is 19.5 Å². The summed E-state index contributed by atoms with van der Waals surface area (Å²) in [6.07, 6.45) is -4.69. The van der Waals surface area contributed by atoms with Crippen LogP contribution in [-0.2, 0) is 16.0 Å². The molecule has 1 heterocycles. The maximum absolute atomic E-state index is 12.9. The van der Waals surface area contributed by atoms with Crippen molar-refractivity contribution in [1.82, 2.24) is 4.90 Å². The highest BCUT2D eigenvalue weighted by molar-refractivity contribution is 9.10. The molecule has 0 unspecified atom stereocenters. The zero-order valence-corrected chi connectivity index (χ0v) is 13.8. The monoisotopic (exact) mass is 393 g/mol. The molecule has 126 valence electrons. The molecule has 0 aromatic heterocycles. The second-order valence-corrected chi connectivity index (χ2v) is 6.45. The summed E-state index contributed by atoms with van der Waals surface area (Å²) in [5.41, 5.74) is 1.54. The summed E-state index contributed by atoms with van der Waals surface area (Å²) in [7, 11) is 0. The van der Waals surface area contributed by atoms with Crippen LogP contribution in [-0.4, -0.2) is 41.1 Å². The number of halogens is 4. The van der Waals surface area contributed by atoms with E-state index < -0.39 is 43.0 Å². The number of rotatable bonds is 3. The fraction of sp³-hybridized carbons (Fsp3) is 0.467. The highest BCUT2D eigenvalue weighted by Gasteiger charge is 2.53. The van der Waals surface area contributed by atoms with Crippen LogP contribution in [0.3, 0.4) is 0 Å². The van der Waals surface area contributed by atoms with E-state index in [9.17, 15) is 22.8 Å². The minimum absolute atomic E-state index is 0.0534. The van der Waals surface area contributed by atoms with E-state index in [1.165, 1.54) is 0 Å². The summed E-state index contributed by atoms with van der Waals surface area (Å²) in [6, 6.07) is 5.27. The highest BCUT2D eigenvalue weighted by atomic mass is 79.9. The first-order chi connectivity index (χ1) is 10.6. The van der Waals surface area contributed by atoms with E-state index in [2.05, 4.69) is 15.9 Å². The Morgan fingerprint density at radius 3 is 2.52 bits per heavy atom. The molecular weight excluding hydrogens is 379 g/mol. The SMILES string of the molecule is Cc1c(Br)cccc1CC(=O)N1C[C@@H](C(F)(F)F)[C@H](C(=O)O)C1. The Morgan fingerprint density at radius 2 is 2.00 bits per heavy atom. The number of carbonyl (C=O) groups excluding carboxylic acids is 1. The maximum Gasteiger partial charge on any atom is 0.394 e. The molecule has 8 heteroatoms. The van der Waals surface area contributed by atoms with Gasteiger partial charge in [0.05, 0.1) is 18.3 Å². The number of carboxylic acids is 1.